The average molecular weight is 406 g/mol. The number of hydrogen-bond acceptors (Lipinski definition) is 2. The van der Waals surface area contributed by atoms with Crippen LogP contribution < -0.4 is 0 Å². The highest BCUT2D eigenvalue weighted by Crippen LogP contribution is 2.74. The molecule has 4 nitrogen and oxygen atoms in total. The van der Waals surface area contributed by atoms with E-state index in [9.17, 15) is 5.11 Å². The van der Waals surface area contributed by atoms with Crippen molar-refractivity contribution in [2.45, 2.75) is 81.6 Å². The predicted octanol–water partition coefficient (Wildman–Crippen LogP) is 5.05. The second-order valence-electron chi connectivity index (χ2n) is 11.5. The minimum atomic E-state index is -1.12. The Labute approximate surface area is 179 Å². The molecule has 2 heterocycles. The first-order valence-corrected chi connectivity index (χ1v) is 11.3. The van der Waals surface area contributed by atoms with Gasteiger partial charge >= 0.3 is 0 Å². The van der Waals surface area contributed by atoms with E-state index in [1.165, 1.54) is 10.9 Å². The van der Waals surface area contributed by atoms with Crippen molar-refractivity contribution in [3.63, 3.8) is 0 Å². The second-order valence-corrected chi connectivity index (χ2v) is 11.5. The third-order valence-corrected chi connectivity index (χ3v) is 9.74. The van der Waals surface area contributed by atoms with Gasteiger partial charge < -0.3 is 20.1 Å². The van der Waals surface area contributed by atoms with Crippen molar-refractivity contribution in [1.82, 2.24) is 4.98 Å². The Morgan fingerprint density at radius 1 is 1.17 bits per heavy atom. The summed E-state index contributed by atoms with van der Waals surface area (Å²) in [6.07, 6.45) is 3.82. The van der Waals surface area contributed by atoms with Gasteiger partial charge in [0.05, 0.1) is 17.8 Å². The molecule has 2 aromatic rings. The van der Waals surface area contributed by atoms with E-state index >= 15 is 0 Å². The molecule has 1 saturated heterocycles. The molecule has 2 N–H and O–H groups in total. The zero-order valence-electron chi connectivity index (χ0n) is 19.0. The van der Waals surface area contributed by atoms with Gasteiger partial charge in [0.1, 0.15) is 0 Å². The fourth-order valence-corrected chi connectivity index (χ4v) is 8.10. The summed E-state index contributed by atoms with van der Waals surface area (Å²) in [5.74, 6) is 0.0492. The molecule has 0 spiro atoms. The van der Waals surface area contributed by atoms with Crippen LogP contribution in [0.3, 0.4) is 0 Å². The number of rotatable bonds is 2. The Kier molecular flexibility index (Phi) is 3.22. The summed E-state index contributed by atoms with van der Waals surface area (Å²) in [6.45, 7) is 15.6. The summed E-state index contributed by atoms with van der Waals surface area (Å²) in [5, 5.41) is 19.5. The quantitative estimate of drug-likeness (QED) is 0.542. The van der Waals surface area contributed by atoms with Gasteiger partial charge in [-0.25, -0.2) is 0 Å². The Morgan fingerprint density at radius 2 is 1.90 bits per heavy atom. The van der Waals surface area contributed by atoms with Gasteiger partial charge in [0.25, 0.3) is 0 Å². The Balaban J connectivity index is 1.86. The summed E-state index contributed by atoms with van der Waals surface area (Å²) in [4.78, 5) is 3.75. The van der Waals surface area contributed by atoms with Crippen LogP contribution in [0.2, 0.25) is 0 Å². The molecule has 6 rings (SSSR count). The average Bonchev–Trinajstić information content (AvgIpc) is 3.40. The van der Waals surface area contributed by atoms with E-state index in [4.69, 9.17) is 10.1 Å². The van der Waals surface area contributed by atoms with Crippen LogP contribution in [-0.4, -0.2) is 34.9 Å². The molecule has 4 heteroatoms. The summed E-state index contributed by atoms with van der Waals surface area (Å²) in [7, 11) is 1.89. The molecule has 4 aliphatic rings. The van der Waals surface area contributed by atoms with E-state index < -0.39 is 11.1 Å². The number of H-pyrrole nitrogens is 1. The molecule has 1 aliphatic heterocycles. The molecule has 2 fully saturated rings. The fourth-order valence-electron chi connectivity index (χ4n) is 8.10. The monoisotopic (exact) mass is 405 g/mol. The number of epoxide rings is 1. The van der Waals surface area contributed by atoms with Crippen LogP contribution >= 0.6 is 0 Å². The van der Waals surface area contributed by atoms with Crippen LogP contribution in [0, 0.1) is 11.3 Å². The zero-order valence-corrected chi connectivity index (χ0v) is 19.0. The van der Waals surface area contributed by atoms with E-state index in [0.29, 0.717) is 0 Å². The smallest absolute Gasteiger partial charge is 0.0936 e. The summed E-state index contributed by atoms with van der Waals surface area (Å²) >= 11 is 0. The molecule has 30 heavy (non-hydrogen) atoms. The van der Waals surface area contributed by atoms with Crippen LogP contribution in [0.15, 0.2) is 30.9 Å². The van der Waals surface area contributed by atoms with Crippen molar-refractivity contribution < 1.29 is 9.84 Å². The molecule has 0 amide bonds. The lowest BCUT2D eigenvalue weighted by atomic mass is 9.43. The molecule has 6 atom stereocenters. The predicted molar refractivity (Wildman–Crippen MR) is 120 cm³/mol. The van der Waals surface area contributed by atoms with Gasteiger partial charge in [0.15, 0.2) is 0 Å². The normalized spacial score (nSPS) is 44.3. The van der Waals surface area contributed by atoms with Gasteiger partial charge in [0.2, 0.25) is 0 Å². The maximum atomic E-state index is 13.2. The first kappa shape index (κ1) is 19.1. The maximum Gasteiger partial charge on any atom is 0.0936 e. The van der Waals surface area contributed by atoms with Crippen molar-refractivity contribution in [2.75, 3.05) is 7.05 Å². The van der Waals surface area contributed by atoms with Crippen LogP contribution in [0.5, 0.6) is 0 Å². The lowest BCUT2D eigenvalue weighted by Crippen LogP contribution is -2.71. The summed E-state index contributed by atoms with van der Waals surface area (Å²) in [6, 6.07) is 6.56. The number of ether oxygens (including phenoxy) is 1. The van der Waals surface area contributed by atoms with Crippen molar-refractivity contribution >= 4 is 10.9 Å². The number of benzene rings is 1. The largest absolute Gasteiger partial charge is 0.654 e. The number of aromatic amines is 1. The minimum Gasteiger partial charge on any atom is -0.654 e. The van der Waals surface area contributed by atoms with Crippen LogP contribution in [-0.2, 0) is 21.2 Å². The molecule has 0 bridgehead atoms. The Morgan fingerprint density at radius 3 is 2.57 bits per heavy atom. The first-order valence-electron chi connectivity index (χ1n) is 11.3. The molecule has 3 aliphatic carbocycles. The van der Waals surface area contributed by atoms with Crippen molar-refractivity contribution in [2.24, 2.45) is 11.3 Å². The van der Waals surface area contributed by atoms with Crippen molar-refractivity contribution in [3.8, 4) is 0 Å². The van der Waals surface area contributed by atoms with Gasteiger partial charge in [-0.3, -0.25) is 0 Å². The number of aromatic nitrogens is 1. The van der Waals surface area contributed by atoms with Gasteiger partial charge in [-0.1, -0.05) is 58.4 Å². The topological polar surface area (TPSA) is 62.6 Å². The highest BCUT2D eigenvalue weighted by Gasteiger charge is 2.76. The van der Waals surface area contributed by atoms with Gasteiger partial charge in [0, 0.05) is 33.5 Å². The Hall–Kier alpha value is -1.62. The first-order chi connectivity index (χ1) is 14.0. The lowest BCUT2D eigenvalue weighted by molar-refractivity contribution is -0.170. The SMILES string of the molecule is C=C[C@@]1(C)CC[C@H]2C(C)(C)c3cccc4[nH]c5c(c34)[C@]2(O)[C@@]1([N-]C)[C@H]1O[C@H]1C5(C)C. The van der Waals surface area contributed by atoms with E-state index in [-0.39, 0.29) is 34.4 Å². The van der Waals surface area contributed by atoms with Gasteiger partial charge in [-0.05, 0) is 35.3 Å². The third kappa shape index (κ3) is 1.62. The molecule has 1 aromatic heterocycles. The van der Waals surface area contributed by atoms with Gasteiger partial charge in [-0.2, -0.15) is 7.05 Å². The van der Waals surface area contributed by atoms with E-state index in [2.05, 4.69) is 64.4 Å². The Bertz CT molecular complexity index is 1110. The fraction of sp³-hybridized carbons (Fsp3) is 0.615. The van der Waals surface area contributed by atoms with Crippen LogP contribution in [0.1, 0.15) is 64.3 Å². The molecule has 0 radical (unpaired) electrons. The standard InChI is InChI=1S/C26H33N2O2/c1-8-24(6)13-12-16-22(2,3)14-10-9-11-15-17(14)18-19(28-15)23(4,5)20-21(30-20)26(24,27-7)25(16,18)29/h8-11,16,20-21,28-29H,1,12-13H2,2-7H3/q-1/t16-,20+,21-,24-,25-,26+/m0/s1. The van der Waals surface area contributed by atoms with E-state index in [0.717, 1.165) is 29.6 Å². The molecule has 1 aromatic carbocycles. The van der Waals surface area contributed by atoms with Crippen LogP contribution in [0.4, 0.5) is 0 Å². The molecular weight excluding hydrogens is 372 g/mol. The number of likely N-dealkylation sites (N-methyl/N-ethyl adjacent to an activating group) is 1. The molecule has 1 saturated carbocycles. The highest BCUT2D eigenvalue weighted by atomic mass is 16.6. The lowest BCUT2D eigenvalue weighted by Gasteiger charge is -2.72. The summed E-state index contributed by atoms with van der Waals surface area (Å²) < 4.78 is 6.47. The highest BCUT2D eigenvalue weighted by molar-refractivity contribution is 5.92. The molecule has 160 valence electrons. The number of hydrogen-bond donors (Lipinski definition) is 2. The number of nitrogens with one attached hydrogen (secondary N) is 1. The zero-order chi connectivity index (χ0) is 21.5. The van der Waals surface area contributed by atoms with E-state index in [1.807, 2.05) is 13.1 Å². The third-order valence-electron chi connectivity index (χ3n) is 9.74. The van der Waals surface area contributed by atoms with Gasteiger partial charge in [-0.15, -0.1) is 6.58 Å². The van der Waals surface area contributed by atoms with Crippen molar-refractivity contribution in [1.29, 1.82) is 0 Å². The molecular formula is C26H33N2O2-. The number of aliphatic hydroxyl groups is 1. The van der Waals surface area contributed by atoms with Crippen molar-refractivity contribution in [3.05, 3.63) is 53.0 Å². The number of fused-ring (bicyclic) bond motifs is 2. The second kappa shape index (κ2) is 5.06. The minimum absolute atomic E-state index is 0.0183. The molecule has 0 unspecified atom stereocenters. The van der Waals surface area contributed by atoms with E-state index in [1.54, 1.807) is 0 Å². The number of nitrogens with zero attached hydrogens (tertiary/aromatic N) is 1. The van der Waals surface area contributed by atoms with Crippen LogP contribution in [0.25, 0.3) is 16.2 Å². The maximum absolute atomic E-state index is 13.2. The summed E-state index contributed by atoms with van der Waals surface area (Å²) in [5.41, 5.74) is 1.99.